The highest BCUT2D eigenvalue weighted by Crippen LogP contribution is 2.24. The van der Waals surface area contributed by atoms with Gasteiger partial charge in [-0.2, -0.15) is 0 Å². The smallest absolute Gasteiger partial charge is 0.255 e. The number of anilines is 1. The van der Waals surface area contributed by atoms with Crippen LogP contribution in [0.15, 0.2) is 36.4 Å². The van der Waals surface area contributed by atoms with Gasteiger partial charge in [-0.15, -0.1) is 0 Å². The maximum atomic E-state index is 12.9. The van der Waals surface area contributed by atoms with Gasteiger partial charge in [0, 0.05) is 29.4 Å². The van der Waals surface area contributed by atoms with Crippen LogP contribution in [0.4, 0.5) is 5.69 Å². The van der Waals surface area contributed by atoms with Crippen molar-refractivity contribution in [1.29, 1.82) is 0 Å². The van der Waals surface area contributed by atoms with Crippen molar-refractivity contribution in [2.75, 3.05) is 18.5 Å². The van der Waals surface area contributed by atoms with E-state index in [0.717, 1.165) is 36.3 Å². The molecule has 0 radical (unpaired) electrons. The maximum Gasteiger partial charge on any atom is 0.255 e. The van der Waals surface area contributed by atoms with Crippen LogP contribution in [0.25, 0.3) is 0 Å². The van der Waals surface area contributed by atoms with Gasteiger partial charge < -0.3 is 15.0 Å². The van der Waals surface area contributed by atoms with Crippen LogP contribution in [0.2, 0.25) is 0 Å². The first-order valence-electron chi connectivity index (χ1n) is 10.4. The lowest BCUT2D eigenvalue weighted by molar-refractivity contribution is 0.0635. The predicted molar refractivity (Wildman–Crippen MR) is 116 cm³/mol. The summed E-state index contributed by atoms with van der Waals surface area (Å²) < 4.78 is 5.53. The number of amides is 2. The average Bonchev–Trinajstić information content (AvgIpc) is 2.71. The quantitative estimate of drug-likeness (QED) is 0.779. The SMILES string of the molecule is CCOc1ccc(C(=O)Nc2ccc(C(=O)N3CCCCC3C)cc2C)cc1C. The third kappa shape index (κ3) is 4.78. The number of benzene rings is 2. The first kappa shape index (κ1) is 20.9. The van der Waals surface area contributed by atoms with Gasteiger partial charge >= 0.3 is 0 Å². The zero-order valence-electron chi connectivity index (χ0n) is 17.7. The molecule has 1 aliphatic heterocycles. The topological polar surface area (TPSA) is 58.6 Å². The standard InChI is InChI=1S/C24H30N2O3/c1-5-29-22-12-10-19(15-17(22)3)23(27)25-21-11-9-20(14-16(21)2)24(28)26-13-7-6-8-18(26)4/h9-12,14-15,18H,5-8,13H2,1-4H3,(H,25,27). The zero-order valence-corrected chi connectivity index (χ0v) is 17.7. The molecule has 0 saturated carbocycles. The molecule has 5 heteroatoms. The van der Waals surface area contributed by atoms with Crippen molar-refractivity contribution in [3.8, 4) is 5.75 Å². The summed E-state index contributed by atoms with van der Waals surface area (Å²) in [6, 6.07) is 11.2. The summed E-state index contributed by atoms with van der Waals surface area (Å²) in [5.41, 5.74) is 3.76. The Bertz CT molecular complexity index is 907. The minimum absolute atomic E-state index is 0.0697. The van der Waals surface area contributed by atoms with E-state index in [1.54, 1.807) is 12.1 Å². The molecule has 1 saturated heterocycles. The molecule has 1 heterocycles. The molecule has 3 rings (SSSR count). The first-order valence-corrected chi connectivity index (χ1v) is 10.4. The summed E-state index contributed by atoms with van der Waals surface area (Å²) in [6.07, 6.45) is 3.30. The molecular weight excluding hydrogens is 364 g/mol. The lowest BCUT2D eigenvalue weighted by atomic mass is 10.0. The molecule has 0 bridgehead atoms. The third-order valence-electron chi connectivity index (χ3n) is 5.52. The predicted octanol–water partition coefficient (Wildman–Crippen LogP) is 4.97. The van der Waals surface area contributed by atoms with Crippen molar-refractivity contribution in [2.45, 2.75) is 53.0 Å². The molecular formula is C24H30N2O3. The summed E-state index contributed by atoms with van der Waals surface area (Å²) in [6.45, 7) is 9.28. The van der Waals surface area contributed by atoms with E-state index >= 15 is 0 Å². The Labute approximate surface area is 173 Å². The number of nitrogens with zero attached hydrogens (tertiary/aromatic N) is 1. The van der Waals surface area contributed by atoms with E-state index in [-0.39, 0.29) is 17.9 Å². The Morgan fingerprint density at radius 1 is 1.07 bits per heavy atom. The van der Waals surface area contributed by atoms with Crippen molar-refractivity contribution >= 4 is 17.5 Å². The van der Waals surface area contributed by atoms with E-state index in [2.05, 4.69) is 12.2 Å². The molecule has 0 aromatic heterocycles. The average molecular weight is 395 g/mol. The Morgan fingerprint density at radius 2 is 1.79 bits per heavy atom. The van der Waals surface area contributed by atoms with E-state index < -0.39 is 0 Å². The van der Waals surface area contributed by atoms with Gasteiger partial charge in [0.2, 0.25) is 0 Å². The van der Waals surface area contributed by atoms with Crippen molar-refractivity contribution < 1.29 is 14.3 Å². The maximum absolute atomic E-state index is 12.9. The van der Waals surface area contributed by atoms with E-state index in [9.17, 15) is 9.59 Å². The van der Waals surface area contributed by atoms with Crippen LogP contribution in [-0.2, 0) is 0 Å². The molecule has 1 fully saturated rings. The first-order chi connectivity index (χ1) is 13.9. The van der Waals surface area contributed by atoms with Gasteiger partial charge in [-0.3, -0.25) is 9.59 Å². The third-order valence-corrected chi connectivity index (χ3v) is 5.52. The minimum atomic E-state index is -0.178. The van der Waals surface area contributed by atoms with E-state index in [1.807, 2.05) is 49.9 Å². The fraction of sp³-hybridized carbons (Fsp3) is 0.417. The largest absolute Gasteiger partial charge is 0.494 e. The van der Waals surface area contributed by atoms with Gasteiger partial charge in [0.05, 0.1) is 6.61 Å². The molecule has 2 amide bonds. The van der Waals surface area contributed by atoms with Gasteiger partial charge in [0.25, 0.3) is 11.8 Å². The van der Waals surface area contributed by atoms with Gasteiger partial charge in [0.1, 0.15) is 5.75 Å². The van der Waals surface area contributed by atoms with E-state index in [4.69, 9.17) is 4.74 Å². The Balaban J connectivity index is 1.72. The van der Waals surface area contributed by atoms with Crippen LogP contribution in [0.3, 0.4) is 0 Å². The molecule has 1 unspecified atom stereocenters. The van der Waals surface area contributed by atoms with Crippen LogP contribution in [0, 0.1) is 13.8 Å². The lowest BCUT2D eigenvalue weighted by Crippen LogP contribution is -2.42. The molecule has 5 nitrogen and oxygen atoms in total. The normalized spacial score (nSPS) is 16.4. The number of carbonyl (C=O) groups excluding carboxylic acids is 2. The van der Waals surface area contributed by atoms with Crippen molar-refractivity contribution in [3.63, 3.8) is 0 Å². The van der Waals surface area contributed by atoms with Crippen LogP contribution in [-0.4, -0.2) is 35.9 Å². The summed E-state index contributed by atoms with van der Waals surface area (Å²) in [4.78, 5) is 27.5. The highest BCUT2D eigenvalue weighted by atomic mass is 16.5. The highest BCUT2D eigenvalue weighted by Gasteiger charge is 2.24. The van der Waals surface area contributed by atoms with Crippen LogP contribution in [0.1, 0.15) is 65.0 Å². The number of hydrogen-bond donors (Lipinski definition) is 1. The van der Waals surface area contributed by atoms with Crippen molar-refractivity contribution in [2.24, 2.45) is 0 Å². The minimum Gasteiger partial charge on any atom is -0.494 e. The summed E-state index contributed by atoms with van der Waals surface area (Å²) >= 11 is 0. The van der Waals surface area contributed by atoms with Crippen LogP contribution >= 0.6 is 0 Å². The lowest BCUT2D eigenvalue weighted by Gasteiger charge is -2.33. The van der Waals surface area contributed by atoms with E-state index in [0.29, 0.717) is 23.4 Å². The number of likely N-dealkylation sites (tertiary alicyclic amines) is 1. The monoisotopic (exact) mass is 394 g/mol. The number of piperidine rings is 1. The molecule has 0 aliphatic carbocycles. The number of aryl methyl sites for hydroxylation is 2. The molecule has 29 heavy (non-hydrogen) atoms. The van der Waals surface area contributed by atoms with Crippen molar-refractivity contribution in [3.05, 3.63) is 58.7 Å². The number of nitrogens with one attached hydrogen (secondary N) is 1. The van der Waals surface area contributed by atoms with Crippen molar-refractivity contribution in [1.82, 2.24) is 4.90 Å². The summed E-state index contributed by atoms with van der Waals surface area (Å²) in [7, 11) is 0. The molecule has 1 aliphatic rings. The second-order valence-corrected chi connectivity index (χ2v) is 7.74. The second kappa shape index (κ2) is 9.12. The van der Waals surface area contributed by atoms with Gasteiger partial charge in [-0.1, -0.05) is 0 Å². The molecule has 0 spiro atoms. The highest BCUT2D eigenvalue weighted by molar-refractivity contribution is 6.05. The number of hydrogen-bond acceptors (Lipinski definition) is 3. The Hall–Kier alpha value is -2.82. The molecule has 154 valence electrons. The number of ether oxygens (including phenoxy) is 1. The molecule has 2 aromatic rings. The fourth-order valence-electron chi connectivity index (χ4n) is 3.81. The van der Waals surface area contributed by atoms with Crippen LogP contribution in [0.5, 0.6) is 5.75 Å². The molecule has 1 N–H and O–H groups in total. The number of rotatable bonds is 5. The zero-order chi connectivity index (χ0) is 21.0. The number of carbonyl (C=O) groups is 2. The fourth-order valence-corrected chi connectivity index (χ4v) is 3.81. The molecule has 1 atom stereocenters. The summed E-state index contributed by atoms with van der Waals surface area (Å²) in [5.74, 6) is 0.679. The van der Waals surface area contributed by atoms with Gasteiger partial charge in [-0.25, -0.2) is 0 Å². The Morgan fingerprint density at radius 3 is 2.45 bits per heavy atom. The second-order valence-electron chi connectivity index (χ2n) is 7.74. The van der Waals surface area contributed by atoms with Gasteiger partial charge in [0.15, 0.2) is 0 Å². The summed E-state index contributed by atoms with van der Waals surface area (Å²) in [5, 5.41) is 2.95. The van der Waals surface area contributed by atoms with Gasteiger partial charge in [-0.05, 0) is 94.5 Å². The Kier molecular flexibility index (Phi) is 6.57. The molecule has 2 aromatic carbocycles. The van der Waals surface area contributed by atoms with Crippen LogP contribution < -0.4 is 10.1 Å². The van der Waals surface area contributed by atoms with E-state index in [1.165, 1.54) is 6.42 Å².